The van der Waals surface area contributed by atoms with Crippen molar-refractivity contribution in [3.63, 3.8) is 0 Å². The van der Waals surface area contributed by atoms with Gasteiger partial charge in [-0.25, -0.2) is 4.79 Å². The highest BCUT2D eigenvalue weighted by Crippen LogP contribution is 2.70. The number of hydrogen-bond donors (Lipinski definition) is 1. The Kier molecular flexibility index (Phi) is 5.66. The molecule has 5 rings (SSSR count). The van der Waals surface area contributed by atoms with Crippen LogP contribution in [0.15, 0.2) is 11.6 Å². The van der Waals surface area contributed by atoms with Gasteiger partial charge in [0.1, 0.15) is 18.8 Å². The van der Waals surface area contributed by atoms with E-state index in [4.69, 9.17) is 14.2 Å². The monoisotopic (exact) mass is 474 g/mol. The number of esters is 3. The van der Waals surface area contributed by atoms with E-state index >= 15 is 0 Å². The first kappa shape index (κ1) is 23.8. The summed E-state index contributed by atoms with van der Waals surface area (Å²) in [6, 6.07) is 0. The van der Waals surface area contributed by atoms with Crippen LogP contribution in [0.3, 0.4) is 0 Å². The maximum Gasteiger partial charge on any atom is 0.331 e. The topological polar surface area (TPSA) is 99.1 Å². The molecule has 4 fully saturated rings. The minimum atomic E-state index is -0.787. The predicted octanol–water partition coefficient (Wildman–Crippen LogP) is 3.72. The van der Waals surface area contributed by atoms with Crippen LogP contribution < -0.4 is 0 Å². The molecule has 0 bridgehead atoms. The summed E-state index contributed by atoms with van der Waals surface area (Å²) >= 11 is 0. The average molecular weight is 475 g/mol. The first-order chi connectivity index (χ1) is 16.0. The molecule has 1 aliphatic heterocycles. The third kappa shape index (κ3) is 3.44. The smallest absolute Gasteiger partial charge is 0.331 e. The van der Waals surface area contributed by atoms with Crippen LogP contribution in [0.2, 0.25) is 0 Å². The van der Waals surface area contributed by atoms with Gasteiger partial charge in [0.25, 0.3) is 0 Å². The van der Waals surface area contributed by atoms with Gasteiger partial charge < -0.3 is 19.3 Å². The summed E-state index contributed by atoms with van der Waals surface area (Å²) in [7, 11) is 0. The number of carbonyl (C=O) groups is 3. The average Bonchev–Trinajstić information content (AvgIpc) is 3.28. The maximum atomic E-state index is 12.3. The molecule has 1 heterocycles. The first-order valence-corrected chi connectivity index (χ1v) is 12.9. The molecule has 0 spiro atoms. The van der Waals surface area contributed by atoms with E-state index in [1.54, 1.807) is 6.08 Å². The zero-order valence-electron chi connectivity index (χ0n) is 20.8. The normalized spacial score (nSPS) is 47.6. The van der Waals surface area contributed by atoms with Crippen molar-refractivity contribution in [2.75, 3.05) is 6.61 Å². The highest BCUT2D eigenvalue weighted by molar-refractivity contribution is 5.85. The Bertz CT molecular complexity index is 926. The molecule has 0 saturated heterocycles. The molecular weight excluding hydrogens is 436 g/mol. The van der Waals surface area contributed by atoms with Crippen LogP contribution in [0.25, 0.3) is 0 Å². The fourth-order valence-corrected chi connectivity index (χ4v) is 9.06. The molecule has 9 atom stereocenters. The largest absolute Gasteiger partial charge is 0.459 e. The lowest BCUT2D eigenvalue weighted by molar-refractivity contribution is -0.225. The Labute approximate surface area is 201 Å². The molecule has 0 amide bonds. The van der Waals surface area contributed by atoms with Crippen LogP contribution in [0.5, 0.6) is 0 Å². The van der Waals surface area contributed by atoms with Crippen LogP contribution in [-0.4, -0.2) is 47.4 Å². The van der Waals surface area contributed by atoms with E-state index in [1.165, 1.54) is 13.8 Å². The molecule has 5 aliphatic rings. The van der Waals surface area contributed by atoms with Crippen LogP contribution in [-0.2, 0) is 28.6 Å². The highest BCUT2D eigenvalue weighted by atomic mass is 16.6. The van der Waals surface area contributed by atoms with E-state index in [9.17, 15) is 19.5 Å². The fraction of sp³-hybridized carbons (Fsp3) is 0.815. The van der Waals surface area contributed by atoms with Gasteiger partial charge in [0.15, 0.2) is 0 Å². The number of cyclic esters (lactones) is 1. The third-order valence-electron chi connectivity index (χ3n) is 10.6. The maximum absolute atomic E-state index is 12.3. The Morgan fingerprint density at radius 1 is 1.00 bits per heavy atom. The Balaban J connectivity index is 1.43. The Hall–Kier alpha value is -1.89. The van der Waals surface area contributed by atoms with Gasteiger partial charge >= 0.3 is 17.9 Å². The number of hydrogen-bond acceptors (Lipinski definition) is 7. The van der Waals surface area contributed by atoms with Crippen LogP contribution in [0.1, 0.15) is 79.1 Å². The zero-order chi connectivity index (χ0) is 24.5. The number of aliphatic hydroxyl groups is 1. The summed E-state index contributed by atoms with van der Waals surface area (Å²) in [5.41, 5.74) is -0.120. The second-order valence-corrected chi connectivity index (χ2v) is 12.0. The van der Waals surface area contributed by atoms with Crippen LogP contribution in [0, 0.1) is 34.5 Å². The molecule has 1 N–H and O–H groups in total. The molecule has 0 aromatic rings. The van der Waals surface area contributed by atoms with Gasteiger partial charge in [-0.3, -0.25) is 9.59 Å². The van der Waals surface area contributed by atoms with E-state index in [0.29, 0.717) is 31.3 Å². The molecule has 34 heavy (non-hydrogen) atoms. The molecule has 7 heteroatoms. The van der Waals surface area contributed by atoms with Gasteiger partial charge in [0.2, 0.25) is 0 Å². The molecular formula is C27H38O7. The predicted molar refractivity (Wildman–Crippen MR) is 122 cm³/mol. The van der Waals surface area contributed by atoms with Crippen molar-refractivity contribution >= 4 is 17.9 Å². The minimum Gasteiger partial charge on any atom is -0.459 e. The lowest BCUT2D eigenvalue weighted by Gasteiger charge is -2.64. The van der Waals surface area contributed by atoms with E-state index in [2.05, 4.69) is 13.8 Å². The van der Waals surface area contributed by atoms with Crippen molar-refractivity contribution in [2.45, 2.75) is 96.9 Å². The zero-order valence-corrected chi connectivity index (χ0v) is 20.8. The van der Waals surface area contributed by atoms with E-state index in [1.807, 2.05) is 0 Å². The van der Waals surface area contributed by atoms with E-state index in [0.717, 1.165) is 44.1 Å². The van der Waals surface area contributed by atoms with Gasteiger partial charge in [0.05, 0.1) is 5.60 Å². The molecule has 7 nitrogen and oxygen atoms in total. The first-order valence-electron chi connectivity index (χ1n) is 12.9. The molecule has 4 aliphatic carbocycles. The summed E-state index contributed by atoms with van der Waals surface area (Å²) in [4.78, 5) is 35.4. The molecule has 4 saturated carbocycles. The molecule has 188 valence electrons. The SMILES string of the molecule is CC(=O)OC1CC2CCC3C(CCC4(C)C(C5=CC(=O)OC5)CCC34O)C2(C)CC1OC(C)=O. The second kappa shape index (κ2) is 8.07. The second-order valence-electron chi connectivity index (χ2n) is 12.0. The van der Waals surface area contributed by atoms with Gasteiger partial charge in [-0.15, -0.1) is 0 Å². The van der Waals surface area contributed by atoms with E-state index < -0.39 is 17.8 Å². The number of ether oxygens (including phenoxy) is 3. The third-order valence-corrected chi connectivity index (χ3v) is 10.6. The molecule has 0 radical (unpaired) electrons. The molecule has 9 unspecified atom stereocenters. The standard InChI is InChI=1S/C27H38O7/c1-15(28)33-22-12-18-5-6-21-20(25(18,3)13-23(22)34-16(2)29)7-9-26(4)19(8-10-27(21,26)31)17-11-24(30)32-14-17/h11,18-23,31H,5-10,12-14H2,1-4H3. The van der Waals surface area contributed by atoms with Crippen molar-refractivity contribution < 1.29 is 33.7 Å². The van der Waals surface area contributed by atoms with Crippen LogP contribution >= 0.6 is 0 Å². The lowest BCUT2D eigenvalue weighted by atomic mass is 9.43. The number of carbonyl (C=O) groups excluding carboxylic acids is 3. The summed E-state index contributed by atoms with van der Waals surface area (Å²) in [5.74, 6) is 0.0445. The minimum absolute atomic E-state index is 0.0967. The summed E-state index contributed by atoms with van der Waals surface area (Å²) < 4.78 is 16.5. The number of fused-ring (bicyclic) bond motifs is 5. The van der Waals surface area contributed by atoms with Crippen molar-refractivity contribution in [3.8, 4) is 0 Å². The quantitative estimate of drug-likeness (QED) is 0.492. The highest BCUT2D eigenvalue weighted by Gasteiger charge is 2.68. The van der Waals surface area contributed by atoms with Gasteiger partial charge in [-0.1, -0.05) is 13.8 Å². The van der Waals surface area contributed by atoms with Crippen molar-refractivity contribution in [2.24, 2.45) is 34.5 Å². The lowest BCUT2D eigenvalue weighted by Crippen LogP contribution is -2.63. The van der Waals surface area contributed by atoms with Gasteiger partial charge in [0, 0.05) is 25.3 Å². The molecule has 0 aromatic heterocycles. The number of rotatable bonds is 3. The van der Waals surface area contributed by atoms with Crippen molar-refractivity contribution in [1.82, 2.24) is 0 Å². The Morgan fingerprint density at radius 2 is 1.71 bits per heavy atom. The summed E-state index contributed by atoms with van der Waals surface area (Å²) in [5, 5.41) is 12.3. The van der Waals surface area contributed by atoms with E-state index in [-0.39, 0.29) is 40.6 Å². The summed E-state index contributed by atoms with van der Waals surface area (Å²) in [6.45, 7) is 7.69. The van der Waals surface area contributed by atoms with Gasteiger partial charge in [-0.2, -0.15) is 0 Å². The fourth-order valence-electron chi connectivity index (χ4n) is 9.06. The summed E-state index contributed by atoms with van der Waals surface area (Å²) in [6.07, 6.45) is 7.57. The Morgan fingerprint density at radius 3 is 2.35 bits per heavy atom. The van der Waals surface area contributed by atoms with Crippen molar-refractivity contribution in [1.29, 1.82) is 0 Å². The molecule has 0 aromatic carbocycles. The van der Waals surface area contributed by atoms with Crippen molar-refractivity contribution in [3.05, 3.63) is 11.6 Å². The van der Waals surface area contributed by atoms with Crippen LogP contribution in [0.4, 0.5) is 0 Å². The van der Waals surface area contributed by atoms with Gasteiger partial charge in [-0.05, 0) is 86.0 Å².